The second kappa shape index (κ2) is 11.6. The lowest BCUT2D eigenvalue weighted by atomic mass is 9.95. The van der Waals surface area contributed by atoms with Crippen LogP contribution in [0.4, 0.5) is 0 Å². The maximum absolute atomic E-state index is 14.3. The van der Waals surface area contributed by atoms with Crippen molar-refractivity contribution in [3.8, 4) is 51.1 Å². The van der Waals surface area contributed by atoms with Gasteiger partial charge >= 0.3 is 5.97 Å². The van der Waals surface area contributed by atoms with Gasteiger partial charge in [0.25, 0.3) is 5.56 Å². The predicted molar refractivity (Wildman–Crippen MR) is 162 cm³/mol. The SMILES string of the molecule is COC(=O)c1c(-c2cc(Br)c(OC)c(OC)c2)c2cc(OC)c(OC)cc2c(=O)n1-c1cccc(-c2ccn(C)n2)c1. The smallest absolute Gasteiger partial charge is 0.355 e. The van der Waals surface area contributed by atoms with Crippen LogP contribution in [0.3, 0.4) is 0 Å². The van der Waals surface area contributed by atoms with Crippen molar-refractivity contribution >= 4 is 32.7 Å². The van der Waals surface area contributed by atoms with Gasteiger partial charge in [-0.15, -0.1) is 0 Å². The Balaban J connectivity index is 1.98. The van der Waals surface area contributed by atoms with E-state index in [1.54, 1.807) is 47.1 Å². The van der Waals surface area contributed by atoms with E-state index in [1.807, 2.05) is 25.4 Å². The number of ether oxygens (including phenoxy) is 5. The maximum atomic E-state index is 14.3. The van der Waals surface area contributed by atoms with Crippen molar-refractivity contribution in [1.82, 2.24) is 14.3 Å². The molecule has 0 saturated heterocycles. The topological polar surface area (TPSA) is 103 Å². The molecule has 0 fully saturated rings. The molecule has 0 aliphatic carbocycles. The van der Waals surface area contributed by atoms with Crippen molar-refractivity contribution in [2.24, 2.45) is 7.05 Å². The highest BCUT2D eigenvalue weighted by molar-refractivity contribution is 9.10. The lowest BCUT2D eigenvalue weighted by Crippen LogP contribution is -2.27. The van der Waals surface area contributed by atoms with Crippen molar-refractivity contribution < 1.29 is 28.5 Å². The number of hydrogen-bond acceptors (Lipinski definition) is 8. The summed E-state index contributed by atoms with van der Waals surface area (Å²) in [4.78, 5) is 28.0. The number of hydrogen-bond donors (Lipinski definition) is 0. The summed E-state index contributed by atoms with van der Waals surface area (Å²) in [6.07, 6.45) is 1.83. The van der Waals surface area contributed by atoms with E-state index in [0.29, 0.717) is 60.8 Å². The fraction of sp³-hybridized carbons (Fsp3) is 0.194. The molecule has 0 unspecified atom stereocenters. The zero-order valence-electron chi connectivity index (χ0n) is 23.9. The van der Waals surface area contributed by atoms with Crippen LogP contribution in [0.2, 0.25) is 0 Å². The molecular weight excluding hydrogens is 606 g/mol. The summed E-state index contributed by atoms with van der Waals surface area (Å²) in [5.41, 5.74) is 2.46. The first-order chi connectivity index (χ1) is 20.3. The van der Waals surface area contributed by atoms with Gasteiger partial charge in [-0.3, -0.25) is 14.0 Å². The fourth-order valence-electron chi connectivity index (χ4n) is 4.99. The van der Waals surface area contributed by atoms with Crippen LogP contribution in [0.15, 0.2) is 70.1 Å². The lowest BCUT2D eigenvalue weighted by Gasteiger charge is -2.21. The number of fused-ring (bicyclic) bond motifs is 1. The summed E-state index contributed by atoms with van der Waals surface area (Å²) in [5.74, 6) is 0.923. The van der Waals surface area contributed by atoms with Gasteiger partial charge < -0.3 is 23.7 Å². The van der Waals surface area contributed by atoms with Crippen LogP contribution >= 0.6 is 15.9 Å². The Morgan fingerprint density at radius 3 is 2.10 bits per heavy atom. The Bertz CT molecular complexity index is 1890. The molecule has 2 aromatic heterocycles. The van der Waals surface area contributed by atoms with E-state index in [4.69, 9.17) is 23.7 Å². The van der Waals surface area contributed by atoms with Gasteiger partial charge in [0.2, 0.25) is 0 Å². The number of carbonyl (C=O) groups excluding carboxylic acids is 1. The number of esters is 1. The molecule has 0 aliphatic heterocycles. The second-order valence-corrected chi connectivity index (χ2v) is 10.1. The van der Waals surface area contributed by atoms with Gasteiger partial charge in [-0.2, -0.15) is 5.10 Å². The zero-order chi connectivity index (χ0) is 30.1. The van der Waals surface area contributed by atoms with Gasteiger partial charge in [0.1, 0.15) is 5.69 Å². The van der Waals surface area contributed by atoms with Crippen molar-refractivity contribution in [3.63, 3.8) is 0 Å². The molecule has 10 nitrogen and oxygen atoms in total. The summed E-state index contributed by atoms with van der Waals surface area (Å²) < 4.78 is 31.1. The van der Waals surface area contributed by atoms with Crippen molar-refractivity contribution in [2.75, 3.05) is 35.5 Å². The van der Waals surface area contributed by atoms with E-state index in [9.17, 15) is 9.59 Å². The molecule has 0 atom stereocenters. The first kappa shape index (κ1) is 28.7. The number of carbonyl (C=O) groups is 1. The lowest BCUT2D eigenvalue weighted by molar-refractivity contribution is 0.0591. The molecule has 0 spiro atoms. The summed E-state index contributed by atoms with van der Waals surface area (Å²) in [5, 5.41) is 5.24. The highest BCUT2D eigenvalue weighted by Crippen LogP contribution is 2.44. The molecule has 0 N–H and O–H groups in total. The Kier molecular flexibility index (Phi) is 7.95. The van der Waals surface area contributed by atoms with E-state index in [-0.39, 0.29) is 5.69 Å². The van der Waals surface area contributed by atoms with E-state index in [2.05, 4.69) is 21.0 Å². The normalized spacial score (nSPS) is 10.9. The molecular formula is C31H28BrN3O7. The quantitative estimate of drug-likeness (QED) is 0.202. The van der Waals surface area contributed by atoms with E-state index in [0.717, 1.165) is 5.56 Å². The van der Waals surface area contributed by atoms with Crippen molar-refractivity contribution in [2.45, 2.75) is 0 Å². The third-order valence-electron chi connectivity index (χ3n) is 6.90. The van der Waals surface area contributed by atoms with E-state index >= 15 is 0 Å². The Morgan fingerprint density at radius 1 is 0.810 bits per heavy atom. The number of methoxy groups -OCH3 is 5. The van der Waals surface area contributed by atoms with Gasteiger partial charge in [0.15, 0.2) is 23.0 Å². The number of halogens is 1. The minimum Gasteiger partial charge on any atom is -0.493 e. The molecule has 5 aromatic rings. The summed E-state index contributed by atoms with van der Waals surface area (Å²) in [6, 6.07) is 15.9. The monoisotopic (exact) mass is 633 g/mol. The number of aromatic nitrogens is 3. The molecule has 11 heteroatoms. The standard InChI is InChI=1S/C31H28BrN3O7/c1-34-11-10-23(33-34)17-8-7-9-19(12-17)35-28(31(37)42-6)27(18-13-22(32)29(41-5)26(14-18)40-4)20-15-24(38-2)25(39-3)16-21(20)30(35)36/h7-16H,1-6H3. The number of aryl methyl sites for hydroxylation is 1. The van der Waals surface area contributed by atoms with Crippen molar-refractivity contribution in [3.05, 3.63) is 81.3 Å². The van der Waals surface area contributed by atoms with Crippen LogP contribution in [0.5, 0.6) is 23.0 Å². The van der Waals surface area contributed by atoms with Crippen LogP contribution in [0.25, 0.3) is 38.8 Å². The Morgan fingerprint density at radius 2 is 1.50 bits per heavy atom. The van der Waals surface area contributed by atoms with Gasteiger partial charge in [0.05, 0.1) is 56.8 Å². The predicted octanol–water partition coefficient (Wildman–Crippen LogP) is 5.64. The number of nitrogens with zero attached hydrogens (tertiary/aromatic N) is 3. The minimum atomic E-state index is -0.715. The largest absolute Gasteiger partial charge is 0.493 e. The fourth-order valence-corrected chi connectivity index (χ4v) is 5.59. The molecule has 0 saturated carbocycles. The van der Waals surface area contributed by atoms with Crippen LogP contribution in [0, 0.1) is 0 Å². The van der Waals surface area contributed by atoms with Crippen LogP contribution in [0.1, 0.15) is 10.5 Å². The van der Waals surface area contributed by atoms with Gasteiger partial charge in [-0.1, -0.05) is 12.1 Å². The van der Waals surface area contributed by atoms with Gasteiger partial charge in [0, 0.05) is 29.8 Å². The average molecular weight is 634 g/mol. The first-order valence-electron chi connectivity index (χ1n) is 12.7. The van der Waals surface area contributed by atoms with Crippen LogP contribution in [-0.2, 0) is 11.8 Å². The Labute approximate surface area is 250 Å². The molecule has 0 aliphatic rings. The molecule has 2 heterocycles. The molecule has 216 valence electrons. The van der Waals surface area contributed by atoms with Crippen LogP contribution in [-0.4, -0.2) is 55.9 Å². The molecule has 0 bridgehead atoms. The van der Waals surface area contributed by atoms with Crippen LogP contribution < -0.4 is 24.5 Å². The molecule has 0 amide bonds. The average Bonchev–Trinajstić information content (AvgIpc) is 3.45. The maximum Gasteiger partial charge on any atom is 0.355 e. The third-order valence-corrected chi connectivity index (χ3v) is 7.49. The third kappa shape index (κ3) is 4.85. The highest BCUT2D eigenvalue weighted by Gasteiger charge is 2.28. The number of benzene rings is 3. The minimum absolute atomic E-state index is 0.0134. The zero-order valence-corrected chi connectivity index (χ0v) is 25.4. The second-order valence-electron chi connectivity index (χ2n) is 9.23. The summed E-state index contributed by atoms with van der Waals surface area (Å²) in [6.45, 7) is 0. The van der Waals surface area contributed by atoms with Gasteiger partial charge in [-0.05, 0) is 64.0 Å². The number of rotatable bonds is 8. The Hall–Kier alpha value is -4.77. The molecule has 0 radical (unpaired) electrons. The first-order valence-corrected chi connectivity index (χ1v) is 13.5. The molecule has 5 rings (SSSR count). The molecule has 3 aromatic carbocycles. The summed E-state index contributed by atoms with van der Waals surface area (Å²) in [7, 11) is 9.14. The highest BCUT2D eigenvalue weighted by atomic mass is 79.9. The van der Waals surface area contributed by atoms with Gasteiger partial charge in [-0.25, -0.2) is 4.79 Å². The van der Waals surface area contributed by atoms with Crippen molar-refractivity contribution in [1.29, 1.82) is 0 Å². The van der Waals surface area contributed by atoms with E-state index < -0.39 is 11.5 Å². The van der Waals surface area contributed by atoms with E-state index in [1.165, 1.54) is 40.1 Å². The summed E-state index contributed by atoms with van der Waals surface area (Å²) >= 11 is 3.56. The molecule has 42 heavy (non-hydrogen) atoms. The number of pyridine rings is 1.